The van der Waals surface area contributed by atoms with Gasteiger partial charge in [0.2, 0.25) is 0 Å². The molecule has 7 heteroatoms. The normalized spacial score (nSPS) is 12.0. The molecule has 0 saturated carbocycles. The Hall–Kier alpha value is -1.83. The maximum Gasteiger partial charge on any atom is 0.295 e. The van der Waals surface area contributed by atoms with Crippen LogP contribution in [0, 0.1) is 0 Å². The molecule has 2 rings (SSSR count). The number of aromatic hydroxyl groups is 1. The second-order valence-corrected chi connectivity index (χ2v) is 6.44. The summed E-state index contributed by atoms with van der Waals surface area (Å²) in [6, 6.07) is 7.58. The fourth-order valence-corrected chi connectivity index (χ4v) is 2.81. The van der Waals surface area contributed by atoms with Crippen molar-refractivity contribution in [3.63, 3.8) is 0 Å². The van der Waals surface area contributed by atoms with Crippen molar-refractivity contribution in [3.05, 3.63) is 30.3 Å². The summed E-state index contributed by atoms with van der Waals surface area (Å²) in [4.78, 5) is 1.76. The van der Waals surface area contributed by atoms with E-state index in [1.807, 2.05) is 19.0 Å². The molecule has 3 N–H and O–H groups in total. The summed E-state index contributed by atoms with van der Waals surface area (Å²) < 4.78 is 32.4. The third kappa shape index (κ3) is 3.63. The molecule has 114 valence electrons. The first kappa shape index (κ1) is 15.6. The summed E-state index contributed by atoms with van der Waals surface area (Å²) in [5.74, 6) is -0.0336. The van der Waals surface area contributed by atoms with E-state index < -0.39 is 10.1 Å². The Labute approximate surface area is 123 Å². The predicted molar refractivity (Wildman–Crippen MR) is 82.5 cm³/mol. The van der Waals surface area contributed by atoms with Crippen LogP contribution in [0.5, 0.6) is 5.75 Å². The van der Waals surface area contributed by atoms with Crippen molar-refractivity contribution >= 4 is 26.6 Å². The van der Waals surface area contributed by atoms with E-state index in [-0.39, 0.29) is 16.0 Å². The lowest BCUT2D eigenvalue weighted by molar-refractivity contribution is 0.425. The molecule has 2 aromatic rings. The Kier molecular flexibility index (Phi) is 4.36. The highest BCUT2D eigenvalue weighted by molar-refractivity contribution is 7.86. The first-order valence-corrected chi connectivity index (χ1v) is 7.85. The Balaban J connectivity index is 2.51. The number of fused-ring (bicyclic) bond motifs is 1. The number of phenols is 1. The van der Waals surface area contributed by atoms with Crippen molar-refractivity contribution in [1.29, 1.82) is 0 Å². The fraction of sp³-hybridized carbons (Fsp3) is 0.286. The van der Waals surface area contributed by atoms with Gasteiger partial charge in [0.15, 0.2) is 0 Å². The van der Waals surface area contributed by atoms with Crippen LogP contribution in [-0.4, -0.2) is 50.2 Å². The van der Waals surface area contributed by atoms with E-state index in [0.29, 0.717) is 17.6 Å². The van der Waals surface area contributed by atoms with E-state index >= 15 is 0 Å². The quantitative estimate of drug-likeness (QED) is 0.729. The van der Waals surface area contributed by atoms with Crippen LogP contribution in [0.2, 0.25) is 0 Å². The maximum absolute atomic E-state index is 11.5. The lowest BCUT2D eigenvalue weighted by Gasteiger charge is -2.13. The third-order valence-corrected chi connectivity index (χ3v) is 3.99. The van der Waals surface area contributed by atoms with Crippen molar-refractivity contribution in [1.82, 2.24) is 4.90 Å². The van der Waals surface area contributed by atoms with Crippen LogP contribution in [-0.2, 0) is 10.1 Å². The second-order valence-electron chi connectivity index (χ2n) is 5.05. The maximum atomic E-state index is 11.5. The molecule has 2 aromatic carbocycles. The number of likely N-dealkylation sites (N-methyl/N-ethyl adjacent to an activating group) is 1. The topological polar surface area (TPSA) is 89.9 Å². The highest BCUT2D eigenvalue weighted by Crippen LogP contribution is 2.32. The summed E-state index contributed by atoms with van der Waals surface area (Å²) in [6.45, 7) is 1.37. The van der Waals surface area contributed by atoms with E-state index in [2.05, 4.69) is 5.32 Å². The summed E-state index contributed by atoms with van der Waals surface area (Å²) >= 11 is 0. The van der Waals surface area contributed by atoms with Gasteiger partial charge in [0.05, 0.1) is 0 Å². The van der Waals surface area contributed by atoms with Crippen LogP contribution in [0.1, 0.15) is 0 Å². The molecule has 6 nitrogen and oxygen atoms in total. The van der Waals surface area contributed by atoms with Gasteiger partial charge in [-0.25, -0.2) is 0 Å². The number of anilines is 1. The first-order chi connectivity index (χ1) is 9.79. The largest absolute Gasteiger partial charge is 0.507 e. The molecule has 0 aromatic heterocycles. The number of nitrogens with one attached hydrogen (secondary N) is 1. The van der Waals surface area contributed by atoms with Crippen molar-refractivity contribution in [3.8, 4) is 5.75 Å². The monoisotopic (exact) mass is 310 g/mol. The van der Waals surface area contributed by atoms with Crippen molar-refractivity contribution in [2.75, 3.05) is 32.5 Å². The van der Waals surface area contributed by atoms with Crippen LogP contribution in [0.4, 0.5) is 5.69 Å². The predicted octanol–water partition coefficient (Wildman–Crippen LogP) is 1.77. The van der Waals surface area contributed by atoms with Gasteiger partial charge in [-0.3, -0.25) is 4.55 Å². The smallest absolute Gasteiger partial charge is 0.295 e. The lowest BCUT2D eigenvalue weighted by Crippen LogP contribution is -2.20. The van der Waals surface area contributed by atoms with Gasteiger partial charge in [-0.15, -0.1) is 0 Å². The minimum absolute atomic E-state index is 0.0336. The lowest BCUT2D eigenvalue weighted by atomic mass is 10.1. The molecular formula is C14H18N2O4S. The van der Waals surface area contributed by atoms with Crippen LogP contribution in [0.3, 0.4) is 0 Å². The van der Waals surface area contributed by atoms with E-state index in [9.17, 15) is 18.1 Å². The minimum Gasteiger partial charge on any atom is -0.507 e. The van der Waals surface area contributed by atoms with Crippen LogP contribution >= 0.6 is 0 Å². The number of hydrogen-bond donors (Lipinski definition) is 3. The minimum atomic E-state index is -4.37. The zero-order valence-corrected chi connectivity index (χ0v) is 12.7. The van der Waals surface area contributed by atoms with Crippen LogP contribution < -0.4 is 5.32 Å². The highest BCUT2D eigenvalue weighted by Gasteiger charge is 2.17. The van der Waals surface area contributed by atoms with Crippen LogP contribution in [0.25, 0.3) is 10.8 Å². The summed E-state index contributed by atoms with van der Waals surface area (Å²) in [7, 11) is -0.515. The molecule has 21 heavy (non-hydrogen) atoms. The van der Waals surface area contributed by atoms with Gasteiger partial charge in [-0.2, -0.15) is 8.42 Å². The standard InChI is InChI=1S/C14H18N2O4S/c1-16(2)7-6-15-10-8-12-11(4-3-5-13(12)17)14(9-10)21(18,19)20/h3-5,8-9,15,17H,6-7H2,1-2H3,(H,18,19,20). The molecule has 0 aliphatic heterocycles. The van der Waals surface area contributed by atoms with Gasteiger partial charge in [-0.05, 0) is 32.3 Å². The average Bonchev–Trinajstić information content (AvgIpc) is 2.37. The van der Waals surface area contributed by atoms with Gasteiger partial charge in [0.25, 0.3) is 10.1 Å². The average molecular weight is 310 g/mol. The Morgan fingerprint density at radius 2 is 1.90 bits per heavy atom. The van der Waals surface area contributed by atoms with Crippen molar-refractivity contribution < 1.29 is 18.1 Å². The number of benzene rings is 2. The fourth-order valence-electron chi connectivity index (χ4n) is 2.08. The van der Waals surface area contributed by atoms with Gasteiger partial charge in [0, 0.05) is 29.5 Å². The van der Waals surface area contributed by atoms with Gasteiger partial charge >= 0.3 is 0 Å². The molecule has 0 amide bonds. The zero-order chi connectivity index (χ0) is 15.6. The first-order valence-electron chi connectivity index (χ1n) is 6.41. The summed E-state index contributed by atoms with van der Waals surface area (Å²) in [6.07, 6.45) is 0. The molecule has 0 unspecified atom stereocenters. The zero-order valence-electron chi connectivity index (χ0n) is 11.9. The molecule has 0 heterocycles. The van der Waals surface area contributed by atoms with Gasteiger partial charge in [-0.1, -0.05) is 12.1 Å². The molecule has 0 aliphatic carbocycles. The molecular weight excluding hydrogens is 292 g/mol. The van der Waals surface area contributed by atoms with Gasteiger partial charge in [0.1, 0.15) is 10.6 Å². The summed E-state index contributed by atoms with van der Waals surface area (Å²) in [5.41, 5.74) is 0.526. The molecule has 0 bridgehead atoms. The van der Waals surface area contributed by atoms with E-state index in [1.165, 1.54) is 18.2 Å². The summed E-state index contributed by atoms with van der Waals surface area (Å²) in [5, 5.41) is 13.6. The van der Waals surface area contributed by atoms with E-state index in [1.54, 1.807) is 12.1 Å². The van der Waals surface area contributed by atoms with Gasteiger partial charge < -0.3 is 15.3 Å². The molecule has 0 saturated heterocycles. The highest BCUT2D eigenvalue weighted by atomic mass is 32.2. The molecule has 0 spiro atoms. The Morgan fingerprint density at radius 3 is 2.52 bits per heavy atom. The SMILES string of the molecule is CN(C)CCNc1cc(S(=O)(=O)O)c2cccc(O)c2c1. The van der Waals surface area contributed by atoms with Crippen LogP contribution in [0.15, 0.2) is 35.2 Å². The Morgan fingerprint density at radius 1 is 1.19 bits per heavy atom. The number of rotatable bonds is 5. The number of phenolic OH excluding ortho intramolecular Hbond substituents is 1. The molecule has 0 aliphatic rings. The van der Waals surface area contributed by atoms with Crippen molar-refractivity contribution in [2.24, 2.45) is 0 Å². The molecule has 0 atom stereocenters. The number of nitrogens with zero attached hydrogens (tertiary/aromatic N) is 1. The van der Waals surface area contributed by atoms with E-state index in [4.69, 9.17) is 0 Å². The molecule has 0 fully saturated rings. The Bertz CT molecular complexity index is 757. The third-order valence-electron chi connectivity index (χ3n) is 3.10. The van der Waals surface area contributed by atoms with Crippen molar-refractivity contribution in [2.45, 2.75) is 4.90 Å². The van der Waals surface area contributed by atoms with E-state index in [0.717, 1.165) is 6.54 Å². The number of hydrogen-bond acceptors (Lipinski definition) is 5. The molecule has 0 radical (unpaired) electrons. The second kappa shape index (κ2) is 5.88.